The predicted molar refractivity (Wildman–Crippen MR) is 65.8 cm³/mol. The van der Waals surface area contributed by atoms with Crippen LogP contribution >= 0.6 is 0 Å². The molecule has 16 heavy (non-hydrogen) atoms. The molecule has 0 aliphatic carbocycles. The molecule has 0 unspecified atom stereocenters. The standard InChI is InChI=1S/C13H20N2O/c1-13(2,9-15-11-7-14-8-11)10-4-3-5-12(16)6-10/h3-6,11,14-16H,7-9H2,1-2H3. The molecule has 1 aromatic carbocycles. The van der Waals surface area contributed by atoms with Gasteiger partial charge in [-0.3, -0.25) is 0 Å². The van der Waals surface area contributed by atoms with E-state index in [4.69, 9.17) is 0 Å². The molecule has 1 fully saturated rings. The van der Waals surface area contributed by atoms with Gasteiger partial charge in [0.25, 0.3) is 0 Å². The zero-order chi connectivity index (χ0) is 11.6. The average Bonchev–Trinajstić information content (AvgIpc) is 2.15. The molecule has 3 nitrogen and oxygen atoms in total. The Hall–Kier alpha value is -1.06. The van der Waals surface area contributed by atoms with Gasteiger partial charge in [-0.1, -0.05) is 26.0 Å². The highest BCUT2D eigenvalue weighted by Gasteiger charge is 2.24. The molecular weight excluding hydrogens is 200 g/mol. The lowest BCUT2D eigenvalue weighted by atomic mass is 9.84. The minimum atomic E-state index is 0.0499. The van der Waals surface area contributed by atoms with Crippen molar-refractivity contribution in [2.45, 2.75) is 25.3 Å². The van der Waals surface area contributed by atoms with E-state index in [1.165, 1.54) is 5.56 Å². The monoisotopic (exact) mass is 220 g/mol. The van der Waals surface area contributed by atoms with Crippen LogP contribution in [0.3, 0.4) is 0 Å². The summed E-state index contributed by atoms with van der Waals surface area (Å²) in [5.74, 6) is 0.343. The van der Waals surface area contributed by atoms with Crippen molar-refractivity contribution < 1.29 is 5.11 Å². The van der Waals surface area contributed by atoms with Gasteiger partial charge in [0.2, 0.25) is 0 Å². The van der Waals surface area contributed by atoms with Gasteiger partial charge in [0.05, 0.1) is 0 Å². The quantitative estimate of drug-likeness (QED) is 0.715. The Morgan fingerprint density at radius 1 is 1.44 bits per heavy atom. The van der Waals surface area contributed by atoms with E-state index < -0.39 is 0 Å². The molecule has 88 valence electrons. The molecule has 1 aliphatic heterocycles. The van der Waals surface area contributed by atoms with Gasteiger partial charge in [-0.2, -0.15) is 0 Å². The van der Waals surface area contributed by atoms with E-state index in [0.717, 1.165) is 19.6 Å². The zero-order valence-corrected chi connectivity index (χ0v) is 9.96. The van der Waals surface area contributed by atoms with Crippen molar-refractivity contribution >= 4 is 0 Å². The number of nitrogens with one attached hydrogen (secondary N) is 2. The Labute approximate surface area is 96.9 Å². The van der Waals surface area contributed by atoms with Gasteiger partial charge in [0, 0.05) is 31.1 Å². The molecule has 0 aromatic heterocycles. The highest BCUT2D eigenvalue weighted by atomic mass is 16.3. The summed E-state index contributed by atoms with van der Waals surface area (Å²) in [4.78, 5) is 0. The summed E-state index contributed by atoms with van der Waals surface area (Å²) >= 11 is 0. The third-order valence-corrected chi connectivity index (χ3v) is 3.24. The van der Waals surface area contributed by atoms with E-state index in [0.29, 0.717) is 11.8 Å². The Balaban J connectivity index is 1.99. The van der Waals surface area contributed by atoms with Crippen LogP contribution in [-0.2, 0) is 5.41 Å². The Morgan fingerprint density at radius 3 is 2.75 bits per heavy atom. The molecule has 1 aliphatic rings. The fourth-order valence-corrected chi connectivity index (χ4v) is 1.86. The highest BCUT2D eigenvalue weighted by Crippen LogP contribution is 2.25. The molecule has 0 bridgehead atoms. The molecule has 0 radical (unpaired) electrons. The molecule has 3 heteroatoms. The maximum atomic E-state index is 9.48. The van der Waals surface area contributed by atoms with Crippen molar-refractivity contribution in [1.82, 2.24) is 10.6 Å². The van der Waals surface area contributed by atoms with E-state index in [-0.39, 0.29) is 5.41 Å². The smallest absolute Gasteiger partial charge is 0.115 e. The maximum Gasteiger partial charge on any atom is 0.115 e. The van der Waals surface area contributed by atoms with E-state index >= 15 is 0 Å². The largest absolute Gasteiger partial charge is 0.508 e. The molecule has 0 amide bonds. The van der Waals surface area contributed by atoms with Gasteiger partial charge >= 0.3 is 0 Å². The summed E-state index contributed by atoms with van der Waals surface area (Å²) in [7, 11) is 0. The SMILES string of the molecule is CC(C)(CNC1CNC1)c1cccc(O)c1. The average molecular weight is 220 g/mol. The van der Waals surface area contributed by atoms with E-state index in [1.807, 2.05) is 12.1 Å². The topological polar surface area (TPSA) is 44.3 Å². The number of aromatic hydroxyl groups is 1. The second-order valence-corrected chi connectivity index (χ2v) is 5.17. The van der Waals surface area contributed by atoms with Crippen LogP contribution in [0.2, 0.25) is 0 Å². The number of phenols is 1. The summed E-state index contributed by atoms with van der Waals surface area (Å²) in [5.41, 5.74) is 1.22. The van der Waals surface area contributed by atoms with Crippen LogP contribution in [-0.4, -0.2) is 30.8 Å². The van der Waals surface area contributed by atoms with E-state index in [1.54, 1.807) is 6.07 Å². The third-order valence-electron chi connectivity index (χ3n) is 3.24. The van der Waals surface area contributed by atoms with Gasteiger partial charge in [-0.15, -0.1) is 0 Å². The van der Waals surface area contributed by atoms with Crippen molar-refractivity contribution in [2.75, 3.05) is 19.6 Å². The number of phenolic OH excluding ortho intramolecular Hbond substituents is 1. The molecule has 1 heterocycles. The summed E-state index contributed by atoms with van der Waals surface area (Å²) in [5, 5.41) is 16.3. The predicted octanol–water partition coefficient (Wildman–Crippen LogP) is 1.23. The molecule has 1 saturated heterocycles. The maximum absolute atomic E-state index is 9.48. The van der Waals surface area contributed by atoms with Gasteiger partial charge in [0.1, 0.15) is 5.75 Å². The molecular formula is C13H20N2O. The van der Waals surface area contributed by atoms with Crippen LogP contribution < -0.4 is 10.6 Å². The van der Waals surface area contributed by atoms with Crippen LogP contribution in [0.15, 0.2) is 24.3 Å². The Morgan fingerprint density at radius 2 is 2.19 bits per heavy atom. The summed E-state index contributed by atoms with van der Waals surface area (Å²) < 4.78 is 0. The third kappa shape index (κ3) is 2.54. The van der Waals surface area contributed by atoms with Crippen molar-refractivity contribution in [3.8, 4) is 5.75 Å². The number of hydrogen-bond acceptors (Lipinski definition) is 3. The molecule has 2 rings (SSSR count). The van der Waals surface area contributed by atoms with Crippen molar-refractivity contribution in [2.24, 2.45) is 0 Å². The van der Waals surface area contributed by atoms with Crippen LogP contribution in [0.4, 0.5) is 0 Å². The van der Waals surface area contributed by atoms with Crippen LogP contribution in [0.5, 0.6) is 5.75 Å². The van der Waals surface area contributed by atoms with Gasteiger partial charge < -0.3 is 15.7 Å². The lowest BCUT2D eigenvalue weighted by Crippen LogP contribution is -2.57. The lowest BCUT2D eigenvalue weighted by Gasteiger charge is -2.33. The van der Waals surface area contributed by atoms with Crippen LogP contribution in [0, 0.1) is 0 Å². The molecule has 0 atom stereocenters. The zero-order valence-electron chi connectivity index (χ0n) is 9.96. The van der Waals surface area contributed by atoms with Crippen molar-refractivity contribution in [3.05, 3.63) is 29.8 Å². The minimum absolute atomic E-state index is 0.0499. The number of benzene rings is 1. The van der Waals surface area contributed by atoms with E-state index in [2.05, 4.69) is 30.5 Å². The Bertz CT molecular complexity index is 359. The first-order valence-electron chi connectivity index (χ1n) is 5.81. The molecule has 0 spiro atoms. The van der Waals surface area contributed by atoms with Gasteiger partial charge in [-0.05, 0) is 17.7 Å². The fourth-order valence-electron chi connectivity index (χ4n) is 1.86. The van der Waals surface area contributed by atoms with E-state index in [9.17, 15) is 5.11 Å². The van der Waals surface area contributed by atoms with Gasteiger partial charge in [0.15, 0.2) is 0 Å². The number of rotatable bonds is 4. The first-order chi connectivity index (χ1) is 7.58. The first-order valence-corrected chi connectivity index (χ1v) is 5.81. The first kappa shape index (κ1) is 11.4. The second-order valence-electron chi connectivity index (χ2n) is 5.17. The normalized spacial score (nSPS) is 17.1. The molecule has 1 aromatic rings. The molecule has 3 N–H and O–H groups in total. The van der Waals surface area contributed by atoms with Crippen LogP contribution in [0.1, 0.15) is 19.4 Å². The highest BCUT2D eigenvalue weighted by molar-refractivity contribution is 5.32. The lowest BCUT2D eigenvalue weighted by molar-refractivity contribution is 0.333. The summed E-state index contributed by atoms with van der Waals surface area (Å²) in [6.07, 6.45) is 0. The van der Waals surface area contributed by atoms with Crippen molar-refractivity contribution in [3.63, 3.8) is 0 Å². The van der Waals surface area contributed by atoms with Gasteiger partial charge in [-0.25, -0.2) is 0 Å². The Kier molecular flexibility index (Phi) is 3.17. The minimum Gasteiger partial charge on any atom is -0.508 e. The summed E-state index contributed by atoms with van der Waals surface area (Å²) in [6.45, 7) is 7.46. The number of hydrogen-bond donors (Lipinski definition) is 3. The van der Waals surface area contributed by atoms with Crippen LogP contribution in [0.25, 0.3) is 0 Å². The fraction of sp³-hybridized carbons (Fsp3) is 0.538. The van der Waals surface area contributed by atoms with Crippen molar-refractivity contribution in [1.29, 1.82) is 0 Å². The summed E-state index contributed by atoms with van der Waals surface area (Å²) in [6, 6.07) is 8.14. The molecule has 0 saturated carbocycles. The second kappa shape index (κ2) is 4.44.